The Morgan fingerprint density at radius 3 is 2.04 bits per heavy atom. The van der Waals surface area contributed by atoms with Gasteiger partial charge in [-0.3, -0.25) is 4.79 Å². The number of amides is 1. The SMILES string of the molecule is Cc1cc(C)c(C(=O)O)cc1NC(=O)c1cc(S(C)(=O)=O)cc(C)c1C. The highest BCUT2D eigenvalue weighted by Gasteiger charge is 2.18. The van der Waals surface area contributed by atoms with E-state index in [9.17, 15) is 23.1 Å². The van der Waals surface area contributed by atoms with Gasteiger partial charge in [-0.05, 0) is 68.1 Å². The molecule has 2 aromatic rings. The van der Waals surface area contributed by atoms with Gasteiger partial charge in [-0.15, -0.1) is 0 Å². The number of sulfone groups is 1. The first-order valence-corrected chi connectivity index (χ1v) is 9.78. The van der Waals surface area contributed by atoms with E-state index < -0.39 is 21.7 Å². The van der Waals surface area contributed by atoms with E-state index in [1.54, 1.807) is 33.8 Å². The van der Waals surface area contributed by atoms with Gasteiger partial charge in [0.15, 0.2) is 9.84 Å². The fourth-order valence-electron chi connectivity index (χ4n) is 2.68. The molecule has 0 aromatic heterocycles. The second kappa shape index (κ2) is 6.92. The lowest BCUT2D eigenvalue weighted by Crippen LogP contribution is -2.16. The molecule has 0 saturated carbocycles. The number of nitrogens with one attached hydrogen (secondary N) is 1. The number of carbonyl (C=O) groups excluding carboxylic acids is 1. The Morgan fingerprint density at radius 2 is 1.50 bits per heavy atom. The largest absolute Gasteiger partial charge is 0.478 e. The third-order valence-corrected chi connectivity index (χ3v) is 5.46. The molecule has 0 atom stereocenters. The smallest absolute Gasteiger partial charge is 0.336 e. The normalized spacial score (nSPS) is 11.3. The monoisotopic (exact) mass is 375 g/mol. The van der Waals surface area contributed by atoms with E-state index in [4.69, 9.17) is 0 Å². The van der Waals surface area contributed by atoms with Crippen molar-refractivity contribution in [3.8, 4) is 0 Å². The first-order chi connectivity index (χ1) is 11.9. The van der Waals surface area contributed by atoms with Gasteiger partial charge in [0.05, 0.1) is 10.5 Å². The van der Waals surface area contributed by atoms with E-state index >= 15 is 0 Å². The number of benzene rings is 2. The highest BCUT2D eigenvalue weighted by atomic mass is 32.2. The van der Waals surface area contributed by atoms with E-state index in [2.05, 4.69) is 5.32 Å². The number of anilines is 1. The van der Waals surface area contributed by atoms with Gasteiger partial charge in [-0.1, -0.05) is 6.07 Å². The third kappa shape index (κ3) is 3.94. The Morgan fingerprint density at radius 1 is 0.885 bits per heavy atom. The van der Waals surface area contributed by atoms with E-state index in [1.165, 1.54) is 18.2 Å². The Bertz CT molecular complexity index is 1020. The summed E-state index contributed by atoms with van der Waals surface area (Å²) in [5.74, 6) is -1.57. The molecule has 6 nitrogen and oxygen atoms in total. The van der Waals surface area contributed by atoms with Crippen LogP contribution in [0.25, 0.3) is 0 Å². The molecular weight excluding hydrogens is 354 g/mol. The summed E-state index contributed by atoms with van der Waals surface area (Å²) in [6, 6.07) is 5.97. The number of carboxylic acid groups (broad SMARTS) is 1. The summed E-state index contributed by atoms with van der Waals surface area (Å²) in [6.45, 7) is 6.92. The standard InChI is InChI=1S/C19H21NO5S/c1-10-7-14(26(5,24)25)8-16(13(10)4)18(21)20-17-9-15(19(22)23)11(2)6-12(17)3/h6-9H,1-5H3,(H,20,21)(H,22,23). The lowest BCUT2D eigenvalue weighted by atomic mass is 10.0. The molecule has 0 bridgehead atoms. The summed E-state index contributed by atoms with van der Waals surface area (Å²) >= 11 is 0. The molecule has 0 saturated heterocycles. The van der Waals surface area contributed by atoms with Crippen molar-refractivity contribution in [2.75, 3.05) is 11.6 Å². The minimum absolute atomic E-state index is 0.0672. The lowest BCUT2D eigenvalue weighted by molar-refractivity contribution is 0.0695. The maximum absolute atomic E-state index is 12.7. The fourth-order valence-corrected chi connectivity index (χ4v) is 3.41. The Balaban J connectivity index is 2.51. The van der Waals surface area contributed by atoms with Crippen molar-refractivity contribution in [1.29, 1.82) is 0 Å². The van der Waals surface area contributed by atoms with Crippen LogP contribution in [0.1, 0.15) is 43.0 Å². The molecular formula is C19H21NO5S. The van der Waals surface area contributed by atoms with Crippen LogP contribution in [0.2, 0.25) is 0 Å². The van der Waals surface area contributed by atoms with E-state index in [0.717, 1.165) is 11.8 Å². The quantitative estimate of drug-likeness (QED) is 0.854. The Kier molecular flexibility index (Phi) is 5.23. The minimum Gasteiger partial charge on any atom is -0.478 e. The van der Waals surface area contributed by atoms with Gasteiger partial charge >= 0.3 is 5.97 Å². The molecule has 0 fully saturated rings. The van der Waals surface area contributed by atoms with Crippen LogP contribution < -0.4 is 5.32 Å². The van der Waals surface area contributed by atoms with Crippen LogP contribution in [0.3, 0.4) is 0 Å². The maximum Gasteiger partial charge on any atom is 0.336 e. The summed E-state index contributed by atoms with van der Waals surface area (Å²) in [4.78, 5) is 24.1. The molecule has 0 aliphatic carbocycles. The van der Waals surface area contributed by atoms with Crippen LogP contribution in [0.4, 0.5) is 5.69 Å². The highest BCUT2D eigenvalue weighted by molar-refractivity contribution is 7.90. The fraction of sp³-hybridized carbons (Fsp3) is 0.263. The summed E-state index contributed by atoms with van der Waals surface area (Å²) in [5.41, 5.74) is 3.38. The summed E-state index contributed by atoms with van der Waals surface area (Å²) in [5, 5.41) is 12.0. The van der Waals surface area contributed by atoms with Crippen molar-refractivity contribution in [2.45, 2.75) is 32.6 Å². The molecule has 2 aromatic carbocycles. The molecule has 0 aliphatic rings. The average Bonchev–Trinajstić information content (AvgIpc) is 2.50. The van der Waals surface area contributed by atoms with Crippen LogP contribution in [-0.2, 0) is 9.84 Å². The molecule has 2 N–H and O–H groups in total. The van der Waals surface area contributed by atoms with Gasteiger partial charge < -0.3 is 10.4 Å². The number of hydrogen-bond donors (Lipinski definition) is 2. The van der Waals surface area contributed by atoms with E-state index in [1.807, 2.05) is 0 Å². The first kappa shape index (κ1) is 19.7. The average molecular weight is 375 g/mol. The molecule has 138 valence electrons. The molecule has 0 aliphatic heterocycles. The summed E-state index contributed by atoms with van der Waals surface area (Å²) < 4.78 is 23.7. The van der Waals surface area contributed by atoms with Crippen molar-refractivity contribution < 1.29 is 23.1 Å². The molecule has 26 heavy (non-hydrogen) atoms. The Hall–Kier alpha value is -2.67. The van der Waals surface area contributed by atoms with Gasteiger partial charge in [0.1, 0.15) is 0 Å². The molecule has 0 unspecified atom stereocenters. The predicted molar refractivity (Wildman–Crippen MR) is 99.9 cm³/mol. The van der Waals surface area contributed by atoms with Crippen LogP contribution in [0.5, 0.6) is 0 Å². The number of aromatic carboxylic acids is 1. The molecule has 1 amide bonds. The van der Waals surface area contributed by atoms with Gasteiger partial charge in [0.25, 0.3) is 5.91 Å². The number of aryl methyl sites for hydroxylation is 3. The number of carboxylic acids is 1. The van der Waals surface area contributed by atoms with E-state index in [-0.39, 0.29) is 16.0 Å². The zero-order valence-corrected chi connectivity index (χ0v) is 16.1. The second-order valence-electron chi connectivity index (χ2n) is 6.43. The topological polar surface area (TPSA) is 101 Å². The number of carbonyl (C=O) groups is 2. The van der Waals surface area contributed by atoms with Gasteiger partial charge in [0, 0.05) is 17.5 Å². The highest BCUT2D eigenvalue weighted by Crippen LogP contribution is 2.24. The van der Waals surface area contributed by atoms with Crippen molar-refractivity contribution in [3.63, 3.8) is 0 Å². The van der Waals surface area contributed by atoms with Crippen LogP contribution in [-0.4, -0.2) is 31.7 Å². The lowest BCUT2D eigenvalue weighted by Gasteiger charge is -2.14. The zero-order chi connectivity index (χ0) is 19.8. The second-order valence-corrected chi connectivity index (χ2v) is 8.44. The van der Waals surface area contributed by atoms with Crippen molar-refractivity contribution >= 4 is 27.4 Å². The zero-order valence-electron chi connectivity index (χ0n) is 15.3. The van der Waals surface area contributed by atoms with E-state index in [0.29, 0.717) is 22.4 Å². The van der Waals surface area contributed by atoms with Crippen molar-refractivity contribution in [1.82, 2.24) is 0 Å². The van der Waals surface area contributed by atoms with Gasteiger partial charge in [-0.2, -0.15) is 0 Å². The summed E-state index contributed by atoms with van der Waals surface area (Å²) in [7, 11) is -3.46. The molecule has 0 radical (unpaired) electrons. The van der Waals surface area contributed by atoms with Crippen LogP contribution in [0.15, 0.2) is 29.2 Å². The van der Waals surface area contributed by atoms with Crippen molar-refractivity contribution in [3.05, 3.63) is 57.6 Å². The third-order valence-electron chi connectivity index (χ3n) is 4.36. The number of hydrogen-bond acceptors (Lipinski definition) is 4. The van der Waals surface area contributed by atoms with Gasteiger partial charge in [0.2, 0.25) is 0 Å². The molecule has 2 rings (SSSR count). The Labute approximate surface area is 152 Å². The van der Waals surface area contributed by atoms with Gasteiger partial charge in [-0.25, -0.2) is 13.2 Å². The maximum atomic E-state index is 12.7. The number of rotatable bonds is 4. The predicted octanol–water partition coefficient (Wildman–Crippen LogP) is 3.27. The first-order valence-electron chi connectivity index (χ1n) is 7.89. The summed E-state index contributed by atoms with van der Waals surface area (Å²) in [6.07, 6.45) is 1.09. The van der Waals surface area contributed by atoms with Crippen LogP contribution >= 0.6 is 0 Å². The minimum atomic E-state index is -3.46. The molecule has 0 heterocycles. The molecule has 0 spiro atoms. The van der Waals surface area contributed by atoms with Crippen LogP contribution in [0, 0.1) is 27.7 Å². The molecule has 7 heteroatoms. The van der Waals surface area contributed by atoms with Crippen molar-refractivity contribution in [2.24, 2.45) is 0 Å².